The molecule has 0 radical (unpaired) electrons. The van der Waals surface area contributed by atoms with Crippen LogP contribution in [0, 0.1) is 0 Å². The van der Waals surface area contributed by atoms with Gasteiger partial charge in [0.25, 0.3) is 5.56 Å². The second-order valence-electron chi connectivity index (χ2n) is 8.50. The molecule has 0 bridgehead atoms. The number of hydrogen-bond acceptors (Lipinski definition) is 6. The molecule has 3 aromatic rings. The van der Waals surface area contributed by atoms with Crippen LogP contribution in [0.25, 0.3) is 10.9 Å². The third kappa shape index (κ3) is 3.55. The topological polar surface area (TPSA) is 67.4 Å². The van der Waals surface area contributed by atoms with Crippen molar-refractivity contribution in [3.63, 3.8) is 0 Å². The fourth-order valence-corrected chi connectivity index (χ4v) is 4.16. The van der Waals surface area contributed by atoms with Crippen LogP contribution in [0.3, 0.4) is 0 Å². The summed E-state index contributed by atoms with van der Waals surface area (Å²) in [6.45, 7) is 8.81. The standard InChI is InChI=1S/C22H27N5O2/c1-15(2)27-14-23-20-11-18(5-6-19(20)22(27)28)26-9-7-25(8-10-26)13-17-12-24-29-21(17)16-3-4-16/h5-6,11-12,14-16H,3-4,7-10,13H2,1-2H3. The SMILES string of the molecule is CC(C)n1cnc2cc(N3CCN(Cc4cnoc4C4CC4)CC3)ccc2c1=O. The highest BCUT2D eigenvalue weighted by atomic mass is 16.5. The maximum Gasteiger partial charge on any atom is 0.261 e. The van der Waals surface area contributed by atoms with E-state index < -0.39 is 0 Å². The lowest BCUT2D eigenvalue weighted by molar-refractivity contribution is 0.247. The number of benzene rings is 1. The summed E-state index contributed by atoms with van der Waals surface area (Å²) >= 11 is 0. The molecule has 29 heavy (non-hydrogen) atoms. The Morgan fingerprint density at radius 1 is 1.17 bits per heavy atom. The second-order valence-corrected chi connectivity index (χ2v) is 8.50. The first-order valence-corrected chi connectivity index (χ1v) is 10.5. The van der Waals surface area contributed by atoms with Gasteiger partial charge in [0.15, 0.2) is 0 Å². The summed E-state index contributed by atoms with van der Waals surface area (Å²) in [5.74, 6) is 1.69. The van der Waals surface area contributed by atoms with Crippen LogP contribution in [0.4, 0.5) is 5.69 Å². The number of anilines is 1. The van der Waals surface area contributed by atoms with Crippen LogP contribution in [-0.4, -0.2) is 45.8 Å². The fraction of sp³-hybridized carbons (Fsp3) is 0.500. The third-order valence-electron chi connectivity index (χ3n) is 6.08. The summed E-state index contributed by atoms with van der Waals surface area (Å²) in [4.78, 5) is 22.0. The largest absolute Gasteiger partial charge is 0.369 e. The van der Waals surface area contributed by atoms with Crippen LogP contribution in [0.15, 0.2) is 40.0 Å². The Labute approximate surface area is 169 Å². The van der Waals surface area contributed by atoms with Crippen molar-refractivity contribution in [1.82, 2.24) is 19.6 Å². The number of aromatic nitrogens is 3. The molecule has 0 unspecified atom stereocenters. The number of rotatable bonds is 5. The van der Waals surface area contributed by atoms with Gasteiger partial charge in [0.05, 0.1) is 23.4 Å². The van der Waals surface area contributed by atoms with Crippen molar-refractivity contribution in [3.05, 3.63) is 52.4 Å². The third-order valence-corrected chi connectivity index (χ3v) is 6.08. The van der Waals surface area contributed by atoms with E-state index in [-0.39, 0.29) is 11.6 Å². The molecule has 2 aliphatic rings. The maximum absolute atomic E-state index is 12.6. The molecule has 1 saturated carbocycles. The summed E-state index contributed by atoms with van der Waals surface area (Å²) in [6, 6.07) is 6.13. The van der Waals surface area contributed by atoms with Crippen molar-refractivity contribution in [3.8, 4) is 0 Å². The van der Waals surface area contributed by atoms with Crippen LogP contribution < -0.4 is 10.5 Å². The zero-order valence-electron chi connectivity index (χ0n) is 17.0. The second kappa shape index (κ2) is 7.30. The molecule has 1 saturated heterocycles. The first kappa shape index (κ1) is 18.4. The zero-order valence-corrected chi connectivity index (χ0v) is 17.0. The van der Waals surface area contributed by atoms with Crippen molar-refractivity contribution in [2.24, 2.45) is 0 Å². The molecule has 7 heteroatoms. The highest BCUT2D eigenvalue weighted by Crippen LogP contribution is 2.41. The van der Waals surface area contributed by atoms with E-state index in [9.17, 15) is 4.79 Å². The molecule has 0 amide bonds. The minimum absolute atomic E-state index is 0.0292. The van der Waals surface area contributed by atoms with E-state index in [4.69, 9.17) is 4.52 Å². The molecule has 0 N–H and O–H groups in total. The number of fused-ring (bicyclic) bond motifs is 1. The molecule has 0 atom stereocenters. The van der Waals surface area contributed by atoms with Crippen molar-refractivity contribution >= 4 is 16.6 Å². The minimum atomic E-state index is 0.0292. The zero-order chi connectivity index (χ0) is 20.0. The lowest BCUT2D eigenvalue weighted by atomic mass is 10.1. The first-order valence-electron chi connectivity index (χ1n) is 10.5. The average molecular weight is 393 g/mol. The van der Waals surface area contributed by atoms with Gasteiger partial charge in [0, 0.05) is 55.9 Å². The average Bonchev–Trinajstić information content (AvgIpc) is 3.47. The van der Waals surface area contributed by atoms with Crippen molar-refractivity contribution in [2.45, 2.75) is 45.2 Å². The van der Waals surface area contributed by atoms with Gasteiger partial charge in [-0.05, 0) is 44.9 Å². The number of piperazine rings is 1. The summed E-state index contributed by atoms with van der Waals surface area (Å²) < 4.78 is 7.15. The van der Waals surface area contributed by atoms with E-state index in [0.717, 1.165) is 49.7 Å². The highest BCUT2D eigenvalue weighted by molar-refractivity contribution is 5.81. The molecule has 2 fully saturated rings. The normalized spacial score (nSPS) is 18.1. The molecule has 7 nitrogen and oxygen atoms in total. The Hall–Kier alpha value is -2.67. The molecule has 0 spiro atoms. The first-order chi connectivity index (χ1) is 14.1. The Bertz CT molecular complexity index is 1070. The van der Waals surface area contributed by atoms with Gasteiger partial charge in [-0.25, -0.2) is 4.98 Å². The van der Waals surface area contributed by atoms with E-state index in [2.05, 4.69) is 26.0 Å². The minimum Gasteiger partial charge on any atom is -0.369 e. The van der Waals surface area contributed by atoms with E-state index in [1.54, 1.807) is 10.9 Å². The highest BCUT2D eigenvalue weighted by Gasteiger charge is 2.31. The molecular weight excluding hydrogens is 366 g/mol. The van der Waals surface area contributed by atoms with E-state index >= 15 is 0 Å². The van der Waals surface area contributed by atoms with Gasteiger partial charge in [0.1, 0.15) is 5.76 Å². The molecular formula is C22H27N5O2. The van der Waals surface area contributed by atoms with Crippen LogP contribution >= 0.6 is 0 Å². The molecule has 5 rings (SSSR count). The quantitative estimate of drug-likeness (QED) is 0.663. The van der Waals surface area contributed by atoms with Crippen LogP contribution in [-0.2, 0) is 6.54 Å². The van der Waals surface area contributed by atoms with Crippen molar-refractivity contribution in [1.29, 1.82) is 0 Å². The van der Waals surface area contributed by atoms with Crippen LogP contribution in [0.5, 0.6) is 0 Å². The van der Waals surface area contributed by atoms with Crippen LogP contribution in [0.2, 0.25) is 0 Å². The fourth-order valence-electron chi connectivity index (χ4n) is 4.16. The Morgan fingerprint density at radius 3 is 2.69 bits per heavy atom. The van der Waals surface area contributed by atoms with Gasteiger partial charge in [-0.3, -0.25) is 14.3 Å². The number of nitrogens with zero attached hydrogens (tertiary/aromatic N) is 5. The van der Waals surface area contributed by atoms with Gasteiger partial charge in [0.2, 0.25) is 0 Å². The Kier molecular flexibility index (Phi) is 4.62. The van der Waals surface area contributed by atoms with Crippen LogP contribution in [0.1, 0.15) is 50.0 Å². The van der Waals surface area contributed by atoms with E-state index in [0.29, 0.717) is 11.3 Å². The lowest BCUT2D eigenvalue weighted by Gasteiger charge is -2.36. The molecule has 1 aliphatic heterocycles. The van der Waals surface area contributed by atoms with Gasteiger partial charge in [-0.15, -0.1) is 0 Å². The summed E-state index contributed by atoms with van der Waals surface area (Å²) in [5.41, 5.74) is 3.18. The summed E-state index contributed by atoms with van der Waals surface area (Å²) in [6.07, 6.45) is 6.01. The smallest absolute Gasteiger partial charge is 0.261 e. The Balaban J connectivity index is 1.28. The summed E-state index contributed by atoms with van der Waals surface area (Å²) in [7, 11) is 0. The molecule has 2 aromatic heterocycles. The molecule has 152 valence electrons. The maximum atomic E-state index is 12.6. The van der Waals surface area contributed by atoms with Gasteiger partial charge in [-0.1, -0.05) is 5.16 Å². The predicted octanol–water partition coefficient (Wildman–Crippen LogP) is 3.17. The van der Waals surface area contributed by atoms with E-state index in [1.807, 2.05) is 32.2 Å². The van der Waals surface area contributed by atoms with E-state index in [1.165, 1.54) is 18.4 Å². The Morgan fingerprint density at radius 2 is 1.97 bits per heavy atom. The van der Waals surface area contributed by atoms with Crippen molar-refractivity contribution in [2.75, 3.05) is 31.1 Å². The predicted molar refractivity (Wildman–Crippen MR) is 112 cm³/mol. The van der Waals surface area contributed by atoms with Gasteiger partial charge >= 0.3 is 0 Å². The van der Waals surface area contributed by atoms with Gasteiger partial charge in [-0.2, -0.15) is 0 Å². The number of hydrogen-bond donors (Lipinski definition) is 0. The lowest BCUT2D eigenvalue weighted by Crippen LogP contribution is -2.46. The monoisotopic (exact) mass is 393 g/mol. The van der Waals surface area contributed by atoms with Gasteiger partial charge < -0.3 is 9.42 Å². The molecule has 1 aromatic carbocycles. The van der Waals surface area contributed by atoms with Crippen molar-refractivity contribution < 1.29 is 4.52 Å². The summed E-state index contributed by atoms with van der Waals surface area (Å²) in [5, 5.41) is 4.70. The molecule has 3 heterocycles. The molecule has 1 aliphatic carbocycles.